The molecule has 8 heteroatoms. The van der Waals surface area contributed by atoms with Gasteiger partial charge in [-0.25, -0.2) is 17.9 Å². The average Bonchev–Trinajstić information content (AvgIpc) is 3.43. The van der Waals surface area contributed by atoms with E-state index in [2.05, 4.69) is 10.0 Å². The third-order valence-corrected chi connectivity index (χ3v) is 5.58. The van der Waals surface area contributed by atoms with E-state index in [4.69, 9.17) is 9.84 Å². The molecule has 1 saturated carbocycles. The number of carbonyl (C=O) groups is 1. The zero-order chi connectivity index (χ0) is 18.7. The number of ether oxygens (including phenoxy) is 1. The molecule has 3 N–H and O–H groups in total. The molecule has 1 fully saturated rings. The number of benzene rings is 2. The van der Waals surface area contributed by atoms with E-state index in [1.165, 1.54) is 31.4 Å². The van der Waals surface area contributed by atoms with Gasteiger partial charge in [0.05, 0.1) is 23.3 Å². The smallest absolute Gasteiger partial charge is 0.335 e. The molecule has 2 aromatic rings. The third-order valence-electron chi connectivity index (χ3n) is 4.06. The van der Waals surface area contributed by atoms with E-state index in [0.29, 0.717) is 18.0 Å². The number of aromatic carboxylic acids is 1. The van der Waals surface area contributed by atoms with E-state index in [-0.39, 0.29) is 16.5 Å². The normalized spacial score (nSPS) is 14.0. The van der Waals surface area contributed by atoms with Gasteiger partial charge in [0, 0.05) is 12.6 Å². The molecule has 0 aromatic heterocycles. The zero-order valence-corrected chi connectivity index (χ0v) is 15.0. The summed E-state index contributed by atoms with van der Waals surface area (Å²) in [6.45, 7) is 0.399. The fraction of sp³-hybridized carbons (Fsp3) is 0.278. The van der Waals surface area contributed by atoms with Crippen molar-refractivity contribution in [2.24, 2.45) is 0 Å². The van der Waals surface area contributed by atoms with Crippen molar-refractivity contribution in [1.82, 2.24) is 4.72 Å². The van der Waals surface area contributed by atoms with E-state index in [9.17, 15) is 13.2 Å². The molecule has 3 rings (SSSR count). The summed E-state index contributed by atoms with van der Waals surface area (Å²) in [5.41, 5.74) is 1.63. The number of nitrogens with one attached hydrogen (secondary N) is 2. The highest BCUT2D eigenvalue weighted by molar-refractivity contribution is 7.89. The van der Waals surface area contributed by atoms with Crippen molar-refractivity contribution in [1.29, 1.82) is 0 Å². The minimum absolute atomic E-state index is 0.0336. The first-order valence-corrected chi connectivity index (χ1v) is 9.64. The number of methoxy groups -OCH3 is 1. The van der Waals surface area contributed by atoms with Crippen LogP contribution in [0.15, 0.2) is 47.4 Å². The van der Waals surface area contributed by atoms with E-state index in [0.717, 1.165) is 18.4 Å². The fourth-order valence-corrected chi connectivity index (χ4v) is 3.77. The molecule has 26 heavy (non-hydrogen) atoms. The minimum Gasteiger partial charge on any atom is -0.495 e. The van der Waals surface area contributed by atoms with Crippen LogP contribution in [0.3, 0.4) is 0 Å². The van der Waals surface area contributed by atoms with Crippen LogP contribution in [0.25, 0.3) is 0 Å². The minimum atomic E-state index is -3.55. The maximum atomic E-state index is 12.4. The van der Waals surface area contributed by atoms with Gasteiger partial charge in [-0.05, 0) is 48.7 Å². The van der Waals surface area contributed by atoms with Gasteiger partial charge in [0.15, 0.2) is 0 Å². The maximum Gasteiger partial charge on any atom is 0.335 e. The summed E-state index contributed by atoms with van der Waals surface area (Å²) in [6.07, 6.45) is 1.74. The molecule has 7 nitrogen and oxygen atoms in total. The predicted octanol–water partition coefficient (Wildman–Crippen LogP) is 2.45. The molecule has 0 saturated heterocycles. The third kappa shape index (κ3) is 4.33. The molecule has 0 amide bonds. The predicted molar refractivity (Wildman–Crippen MR) is 97.1 cm³/mol. The summed E-state index contributed by atoms with van der Waals surface area (Å²) in [7, 11) is -2.04. The van der Waals surface area contributed by atoms with Gasteiger partial charge in [0.1, 0.15) is 5.75 Å². The quantitative estimate of drug-likeness (QED) is 0.654. The first kappa shape index (κ1) is 18.2. The first-order chi connectivity index (χ1) is 12.4. The van der Waals surface area contributed by atoms with Crippen LogP contribution in [0, 0.1) is 0 Å². The summed E-state index contributed by atoms with van der Waals surface area (Å²) in [5.74, 6) is -0.454. The van der Waals surface area contributed by atoms with Crippen LogP contribution in [0.1, 0.15) is 28.8 Å². The van der Waals surface area contributed by atoms with E-state index >= 15 is 0 Å². The second-order valence-corrected chi connectivity index (χ2v) is 7.83. The van der Waals surface area contributed by atoms with Crippen LogP contribution in [0.4, 0.5) is 5.69 Å². The van der Waals surface area contributed by atoms with Gasteiger partial charge < -0.3 is 15.2 Å². The van der Waals surface area contributed by atoms with Crippen LogP contribution in [-0.4, -0.2) is 32.6 Å². The summed E-state index contributed by atoms with van der Waals surface area (Å²) >= 11 is 0. The maximum absolute atomic E-state index is 12.4. The van der Waals surface area contributed by atoms with Gasteiger partial charge in [-0.15, -0.1) is 0 Å². The largest absolute Gasteiger partial charge is 0.495 e. The van der Waals surface area contributed by atoms with Crippen LogP contribution in [0.2, 0.25) is 0 Å². The molecule has 1 aliphatic rings. The highest BCUT2D eigenvalue weighted by Crippen LogP contribution is 2.29. The van der Waals surface area contributed by atoms with Gasteiger partial charge in [0.25, 0.3) is 0 Å². The summed E-state index contributed by atoms with van der Waals surface area (Å²) in [6, 6.07) is 11.2. The van der Waals surface area contributed by atoms with E-state index in [1.54, 1.807) is 18.2 Å². The van der Waals surface area contributed by atoms with Gasteiger partial charge in [0.2, 0.25) is 10.0 Å². The summed E-state index contributed by atoms with van der Waals surface area (Å²) < 4.78 is 32.7. The van der Waals surface area contributed by atoms with Crippen molar-refractivity contribution < 1.29 is 23.1 Å². The number of hydrogen-bond acceptors (Lipinski definition) is 5. The Morgan fingerprint density at radius 3 is 2.46 bits per heavy atom. The number of carboxylic acids is 1. The van der Waals surface area contributed by atoms with Crippen LogP contribution < -0.4 is 14.8 Å². The second-order valence-electron chi connectivity index (χ2n) is 6.11. The van der Waals surface area contributed by atoms with Crippen molar-refractivity contribution in [3.63, 3.8) is 0 Å². The van der Waals surface area contributed by atoms with Gasteiger partial charge in [-0.3, -0.25) is 0 Å². The van der Waals surface area contributed by atoms with Crippen molar-refractivity contribution >= 4 is 21.7 Å². The molecular formula is C18H20N2O5S. The molecule has 1 aliphatic carbocycles. The Morgan fingerprint density at radius 1 is 1.19 bits per heavy atom. The summed E-state index contributed by atoms with van der Waals surface area (Å²) in [4.78, 5) is 11.1. The summed E-state index contributed by atoms with van der Waals surface area (Å²) in [5, 5.41) is 12.1. The Balaban J connectivity index is 1.77. The molecule has 0 radical (unpaired) electrons. The molecule has 0 bridgehead atoms. The molecule has 0 spiro atoms. The molecule has 2 aromatic carbocycles. The van der Waals surface area contributed by atoms with E-state index < -0.39 is 16.0 Å². The molecule has 0 atom stereocenters. The number of hydrogen-bond donors (Lipinski definition) is 3. The highest BCUT2D eigenvalue weighted by atomic mass is 32.2. The number of sulfonamides is 1. The molecular weight excluding hydrogens is 356 g/mol. The van der Waals surface area contributed by atoms with Crippen LogP contribution >= 0.6 is 0 Å². The standard InChI is InChI=1S/C18H20N2O5S/c1-25-17-9-8-15(26(23,24)20-14-6-7-14)10-16(17)19-11-12-2-4-13(5-3-12)18(21)22/h2-5,8-10,14,19-20H,6-7,11H2,1H3,(H,21,22). The van der Waals surface area contributed by atoms with Gasteiger partial charge in [-0.1, -0.05) is 12.1 Å². The number of carboxylic acid groups (broad SMARTS) is 1. The van der Waals surface area contributed by atoms with Crippen molar-refractivity contribution in [2.75, 3.05) is 12.4 Å². The first-order valence-electron chi connectivity index (χ1n) is 8.15. The lowest BCUT2D eigenvalue weighted by Crippen LogP contribution is -2.25. The lowest BCUT2D eigenvalue weighted by Gasteiger charge is -2.14. The topological polar surface area (TPSA) is 105 Å². The van der Waals surface area contributed by atoms with Gasteiger partial charge in [-0.2, -0.15) is 0 Å². The molecule has 0 heterocycles. The highest BCUT2D eigenvalue weighted by Gasteiger charge is 2.28. The van der Waals surface area contributed by atoms with Crippen molar-refractivity contribution in [3.05, 3.63) is 53.6 Å². The Labute approximate surface area is 152 Å². The van der Waals surface area contributed by atoms with Gasteiger partial charge >= 0.3 is 5.97 Å². The van der Waals surface area contributed by atoms with E-state index in [1.807, 2.05) is 0 Å². The Bertz CT molecular complexity index is 906. The van der Waals surface area contributed by atoms with Crippen LogP contribution in [-0.2, 0) is 16.6 Å². The van der Waals surface area contributed by atoms with Crippen molar-refractivity contribution in [2.45, 2.75) is 30.3 Å². The Hall–Kier alpha value is -2.58. The van der Waals surface area contributed by atoms with Crippen molar-refractivity contribution in [3.8, 4) is 5.75 Å². The molecule has 0 unspecified atom stereocenters. The zero-order valence-electron chi connectivity index (χ0n) is 14.2. The lowest BCUT2D eigenvalue weighted by molar-refractivity contribution is 0.0697. The number of anilines is 1. The second kappa shape index (κ2) is 7.35. The van der Waals surface area contributed by atoms with Crippen LogP contribution in [0.5, 0.6) is 5.75 Å². The average molecular weight is 376 g/mol. The monoisotopic (exact) mass is 376 g/mol. The Morgan fingerprint density at radius 2 is 1.88 bits per heavy atom. The SMILES string of the molecule is COc1ccc(S(=O)(=O)NC2CC2)cc1NCc1ccc(C(=O)O)cc1. The number of rotatable bonds is 8. The fourth-order valence-electron chi connectivity index (χ4n) is 2.44. The molecule has 138 valence electrons. The molecule has 0 aliphatic heterocycles. The lowest BCUT2D eigenvalue weighted by atomic mass is 10.1. The Kier molecular flexibility index (Phi) is 5.15.